The van der Waals surface area contributed by atoms with E-state index in [1.54, 1.807) is 47.6 Å². The van der Waals surface area contributed by atoms with E-state index in [-0.39, 0.29) is 17.6 Å². The van der Waals surface area contributed by atoms with E-state index in [9.17, 15) is 19.7 Å². The van der Waals surface area contributed by atoms with Gasteiger partial charge in [-0.25, -0.2) is 14.7 Å². The van der Waals surface area contributed by atoms with Crippen molar-refractivity contribution in [2.75, 3.05) is 4.90 Å². The lowest BCUT2D eigenvalue weighted by Gasteiger charge is -2.27. The Hall–Kier alpha value is -4.01. The quantitative estimate of drug-likeness (QED) is 0.379. The van der Waals surface area contributed by atoms with E-state index in [2.05, 4.69) is 4.98 Å². The van der Waals surface area contributed by atoms with Gasteiger partial charge >= 0.3 is 6.03 Å². The zero-order valence-electron chi connectivity index (χ0n) is 15.8. The molecule has 3 aromatic rings. The molecule has 1 unspecified atom stereocenters. The van der Waals surface area contributed by atoms with Crippen molar-refractivity contribution < 1.29 is 14.5 Å². The van der Waals surface area contributed by atoms with Crippen LogP contribution in [0.25, 0.3) is 0 Å². The van der Waals surface area contributed by atoms with Gasteiger partial charge in [-0.05, 0) is 17.7 Å². The van der Waals surface area contributed by atoms with Crippen LogP contribution in [0.4, 0.5) is 16.2 Å². The molecule has 2 aliphatic rings. The average Bonchev–Trinajstić information content (AvgIpc) is 3.26. The molecule has 1 atom stereocenters. The fourth-order valence-electron chi connectivity index (χ4n) is 4.03. The lowest BCUT2D eigenvalue weighted by molar-refractivity contribution is -0.384. The predicted octanol–water partition coefficient (Wildman–Crippen LogP) is 2.73. The molecule has 1 fully saturated rings. The first-order chi connectivity index (χ1) is 14.5. The van der Waals surface area contributed by atoms with Crippen LogP contribution < -0.4 is 4.90 Å². The van der Waals surface area contributed by atoms with Crippen LogP contribution >= 0.6 is 0 Å². The summed E-state index contributed by atoms with van der Waals surface area (Å²) in [6, 6.07) is 14.4. The maximum absolute atomic E-state index is 13.0. The molecule has 2 aromatic carbocycles. The number of nitrogens with zero attached hydrogens (tertiary/aromatic N) is 5. The number of imide groups is 1. The monoisotopic (exact) mass is 403 g/mol. The second-order valence-corrected chi connectivity index (χ2v) is 7.33. The molecule has 5 rings (SSSR count). The molecule has 1 aromatic heterocycles. The number of amides is 3. The van der Waals surface area contributed by atoms with Crippen LogP contribution in [0.1, 0.15) is 17.0 Å². The Morgan fingerprint density at radius 1 is 1.07 bits per heavy atom. The third kappa shape index (κ3) is 2.83. The summed E-state index contributed by atoms with van der Waals surface area (Å²) in [5.74, 6) is -0.234. The maximum atomic E-state index is 13.0. The van der Waals surface area contributed by atoms with Crippen LogP contribution in [0.15, 0.2) is 60.9 Å². The van der Waals surface area contributed by atoms with Gasteiger partial charge in [0.05, 0.1) is 34.9 Å². The SMILES string of the molecule is O=C1C2Cc3ncn(Cc4ccc([N+](=O)[O-])cc4)c3CN2C(=O)N1c1ccccc1. The van der Waals surface area contributed by atoms with Gasteiger partial charge in [0.1, 0.15) is 6.04 Å². The van der Waals surface area contributed by atoms with Gasteiger partial charge in [-0.1, -0.05) is 30.3 Å². The number of hydrogen-bond donors (Lipinski definition) is 0. The number of nitro benzene ring substituents is 1. The molecular formula is C21H17N5O4. The van der Waals surface area contributed by atoms with Gasteiger partial charge in [0.15, 0.2) is 0 Å². The fraction of sp³-hybridized carbons (Fsp3) is 0.190. The van der Waals surface area contributed by atoms with E-state index in [0.717, 1.165) is 17.0 Å². The second kappa shape index (κ2) is 6.80. The Morgan fingerprint density at radius 3 is 2.50 bits per heavy atom. The molecule has 0 spiro atoms. The first-order valence-corrected chi connectivity index (χ1v) is 9.49. The molecular weight excluding hydrogens is 386 g/mol. The van der Waals surface area contributed by atoms with Gasteiger partial charge in [0.2, 0.25) is 0 Å². The molecule has 0 N–H and O–H groups in total. The molecule has 0 radical (unpaired) electrons. The zero-order chi connectivity index (χ0) is 20.8. The van der Waals surface area contributed by atoms with Gasteiger partial charge in [-0.15, -0.1) is 0 Å². The van der Waals surface area contributed by atoms with E-state index < -0.39 is 11.0 Å². The van der Waals surface area contributed by atoms with Gasteiger partial charge in [0.25, 0.3) is 11.6 Å². The lowest BCUT2D eigenvalue weighted by Crippen LogP contribution is -2.40. The fourth-order valence-corrected chi connectivity index (χ4v) is 4.03. The molecule has 150 valence electrons. The van der Waals surface area contributed by atoms with E-state index in [0.29, 0.717) is 25.2 Å². The van der Waals surface area contributed by atoms with E-state index in [1.807, 2.05) is 10.6 Å². The average molecular weight is 403 g/mol. The molecule has 9 heteroatoms. The number of anilines is 1. The highest BCUT2D eigenvalue weighted by Gasteiger charge is 2.48. The number of rotatable bonds is 4. The van der Waals surface area contributed by atoms with E-state index in [1.165, 1.54) is 17.0 Å². The molecule has 2 aliphatic heterocycles. The number of benzene rings is 2. The Morgan fingerprint density at radius 2 is 1.80 bits per heavy atom. The van der Waals surface area contributed by atoms with Gasteiger partial charge < -0.3 is 9.47 Å². The van der Waals surface area contributed by atoms with Crippen LogP contribution in [0, 0.1) is 10.1 Å². The highest BCUT2D eigenvalue weighted by atomic mass is 16.6. The number of hydrogen-bond acceptors (Lipinski definition) is 5. The zero-order valence-corrected chi connectivity index (χ0v) is 15.8. The summed E-state index contributed by atoms with van der Waals surface area (Å²) in [5.41, 5.74) is 3.16. The number of non-ortho nitro benzene ring substituents is 1. The lowest BCUT2D eigenvalue weighted by atomic mass is 10.0. The number of nitro groups is 1. The van der Waals surface area contributed by atoms with Crippen molar-refractivity contribution in [2.24, 2.45) is 0 Å². The van der Waals surface area contributed by atoms with Gasteiger partial charge in [-0.2, -0.15) is 0 Å². The van der Waals surface area contributed by atoms with Crippen molar-refractivity contribution >= 4 is 23.3 Å². The summed E-state index contributed by atoms with van der Waals surface area (Å²) in [7, 11) is 0. The highest BCUT2D eigenvalue weighted by Crippen LogP contribution is 2.32. The minimum absolute atomic E-state index is 0.0384. The minimum atomic E-state index is -0.548. The molecule has 3 heterocycles. The van der Waals surface area contributed by atoms with Crippen LogP contribution in [0.2, 0.25) is 0 Å². The molecule has 3 amide bonds. The molecule has 0 aliphatic carbocycles. The van der Waals surface area contributed by atoms with E-state index in [4.69, 9.17) is 0 Å². The summed E-state index contributed by atoms with van der Waals surface area (Å²) < 4.78 is 1.93. The Bertz CT molecular complexity index is 1160. The first-order valence-electron chi connectivity index (χ1n) is 9.49. The van der Waals surface area contributed by atoms with Crippen molar-refractivity contribution in [3.05, 3.63) is 88.0 Å². The third-order valence-corrected chi connectivity index (χ3v) is 5.57. The molecule has 9 nitrogen and oxygen atoms in total. The van der Waals surface area contributed by atoms with Crippen molar-refractivity contribution in [2.45, 2.75) is 25.6 Å². The normalized spacial score (nSPS) is 17.8. The number of fused-ring (bicyclic) bond motifs is 2. The highest BCUT2D eigenvalue weighted by molar-refractivity contribution is 6.21. The Balaban J connectivity index is 1.40. The summed E-state index contributed by atoms with van der Waals surface area (Å²) in [6.07, 6.45) is 2.06. The number of aromatic nitrogens is 2. The number of carbonyl (C=O) groups is 2. The van der Waals surface area contributed by atoms with Crippen molar-refractivity contribution in [1.82, 2.24) is 14.5 Å². The van der Waals surface area contributed by atoms with E-state index >= 15 is 0 Å². The predicted molar refractivity (Wildman–Crippen MR) is 107 cm³/mol. The summed E-state index contributed by atoms with van der Waals surface area (Å²) >= 11 is 0. The van der Waals surface area contributed by atoms with Crippen molar-refractivity contribution in [3.63, 3.8) is 0 Å². The number of imidazole rings is 1. The Labute approximate surface area is 171 Å². The standard InChI is InChI=1S/C21H17N5O4/c27-20-18-10-17-19(12-24(18)21(28)25(20)15-4-2-1-3-5-15)23(13-22-17)11-14-6-8-16(9-7-14)26(29)30/h1-9,13,18H,10-12H2. The molecule has 0 saturated carbocycles. The largest absolute Gasteiger partial charge is 0.332 e. The van der Waals surface area contributed by atoms with Crippen molar-refractivity contribution in [3.8, 4) is 0 Å². The summed E-state index contributed by atoms with van der Waals surface area (Å²) in [5, 5.41) is 10.8. The first kappa shape index (κ1) is 18.0. The topological polar surface area (TPSA) is 102 Å². The van der Waals surface area contributed by atoms with Gasteiger partial charge in [0, 0.05) is 25.1 Å². The van der Waals surface area contributed by atoms with Crippen LogP contribution in [-0.2, 0) is 24.3 Å². The summed E-state index contributed by atoms with van der Waals surface area (Å²) in [4.78, 5) is 43.6. The smallest absolute Gasteiger partial charge is 0.328 e. The second-order valence-electron chi connectivity index (χ2n) is 7.33. The minimum Gasteiger partial charge on any atom is -0.328 e. The number of para-hydroxylation sites is 1. The third-order valence-electron chi connectivity index (χ3n) is 5.57. The molecule has 1 saturated heterocycles. The maximum Gasteiger partial charge on any atom is 0.332 e. The van der Waals surface area contributed by atoms with Crippen molar-refractivity contribution in [1.29, 1.82) is 0 Å². The van der Waals surface area contributed by atoms with Gasteiger partial charge in [-0.3, -0.25) is 14.9 Å². The van der Waals surface area contributed by atoms with Crippen LogP contribution in [-0.4, -0.2) is 37.4 Å². The molecule has 30 heavy (non-hydrogen) atoms. The van der Waals surface area contributed by atoms with Crippen LogP contribution in [0.3, 0.4) is 0 Å². The number of carbonyl (C=O) groups excluding carboxylic acids is 2. The molecule has 0 bridgehead atoms. The van der Waals surface area contributed by atoms with Crippen LogP contribution in [0.5, 0.6) is 0 Å². The number of urea groups is 1. The Kier molecular flexibility index (Phi) is 4.09. The summed E-state index contributed by atoms with van der Waals surface area (Å²) in [6.45, 7) is 0.768.